The third-order valence-corrected chi connectivity index (χ3v) is 6.11. The molecular formula is C24H32N2O5. The zero-order valence-electron chi connectivity index (χ0n) is 18.9. The van der Waals surface area contributed by atoms with Crippen molar-refractivity contribution in [2.24, 2.45) is 5.92 Å². The van der Waals surface area contributed by atoms with E-state index in [1.54, 1.807) is 31.1 Å². The van der Waals surface area contributed by atoms with E-state index in [4.69, 9.17) is 9.15 Å². The minimum absolute atomic E-state index is 0.00176. The molecule has 1 amide bonds. The largest absolute Gasteiger partial charge is 0.467 e. The number of rotatable bonds is 9. The Morgan fingerprint density at radius 3 is 2.48 bits per heavy atom. The predicted molar refractivity (Wildman–Crippen MR) is 116 cm³/mol. The Morgan fingerprint density at radius 1 is 1.19 bits per heavy atom. The second kappa shape index (κ2) is 9.98. The lowest BCUT2D eigenvalue weighted by Gasteiger charge is -2.24. The van der Waals surface area contributed by atoms with E-state index < -0.39 is 5.97 Å². The van der Waals surface area contributed by atoms with Gasteiger partial charge >= 0.3 is 5.97 Å². The van der Waals surface area contributed by atoms with Crippen LogP contribution in [-0.4, -0.2) is 40.3 Å². The Hall–Kier alpha value is -2.83. The Labute approximate surface area is 183 Å². The van der Waals surface area contributed by atoms with E-state index in [1.807, 2.05) is 24.5 Å². The van der Waals surface area contributed by atoms with E-state index in [1.165, 1.54) is 0 Å². The van der Waals surface area contributed by atoms with E-state index in [0.29, 0.717) is 29.1 Å². The molecule has 0 radical (unpaired) electrons. The van der Waals surface area contributed by atoms with Crippen molar-refractivity contribution in [2.75, 3.05) is 13.2 Å². The van der Waals surface area contributed by atoms with E-state index in [2.05, 4.69) is 0 Å². The first kappa shape index (κ1) is 22.8. The molecule has 7 heteroatoms. The van der Waals surface area contributed by atoms with Gasteiger partial charge in [0.25, 0.3) is 0 Å². The monoisotopic (exact) mass is 428 g/mol. The molecule has 1 aliphatic rings. The second-order valence-corrected chi connectivity index (χ2v) is 8.08. The molecule has 2 heterocycles. The van der Waals surface area contributed by atoms with Crippen molar-refractivity contribution in [1.29, 1.82) is 0 Å². The van der Waals surface area contributed by atoms with Crippen LogP contribution in [0.3, 0.4) is 0 Å². The minimum atomic E-state index is -0.432. The fourth-order valence-electron chi connectivity index (χ4n) is 4.65. The predicted octanol–water partition coefficient (Wildman–Crippen LogP) is 4.30. The highest BCUT2D eigenvalue weighted by Crippen LogP contribution is 2.28. The lowest BCUT2D eigenvalue weighted by atomic mass is 10.0. The first-order valence-electron chi connectivity index (χ1n) is 11.1. The van der Waals surface area contributed by atoms with Crippen molar-refractivity contribution in [3.63, 3.8) is 0 Å². The van der Waals surface area contributed by atoms with Gasteiger partial charge in [-0.05, 0) is 58.2 Å². The van der Waals surface area contributed by atoms with E-state index in [9.17, 15) is 14.4 Å². The highest BCUT2D eigenvalue weighted by Gasteiger charge is 2.32. The summed E-state index contributed by atoms with van der Waals surface area (Å²) in [6, 6.07) is 3.58. The van der Waals surface area contributed by atoms with Crippen molar-refractivity contribution in [3.05, 3.63) is 46.7 Å². The molecule has 0 unspecified atom stereocenters. The maximum Gasteiger partial charge on any atom is 0.355 e. The number of nitrogens with zero attached hydrogens (tertiary/aromatic N) is 2. The summed E-state index contributed by atoms with van der Waals surface area (Å²) >= 11 is 0. The normalized spacial score (nSPS) is 14.1. The van der Waals surface area contributed by atoms with Gasteiger partial charge in [0.05, 0.1) is 26.0 Å². The Kier molecular flexibility index (Phi) is 7.36. The standard InChI is InChI=1S/C24H32N2O5/c1-5-26-17(4)21(16(3)22(26)24(29)30-6-2)20(27)15-25(14-19-12-9-13-31-19)23(28)18-10-7-8-11-18/h9,12-13,18H,5-8,10-11,14-15H2,1-4H3. The van der Waals surface area contributed by atoms with Gasteiger partial charge in [0.2, 0.25) is 5.91 Å². The summed E-state index contributed by atoms with van der Waals surface area (Å²) in [4.78, 5) is 40.7. The van der Waals surface area contributed by atoms with Crippen LogP contribution in [0.5, 0.6) is 0 Å². The second-order valence-electron chi connectivity index (χ2n) is 8.08. The first-order valence-corrected chi connectivity index (χ1v) is 11.1. The molecule has 0 aliphatic heterocycles. The third-order valence-electron chi connectivity index (χ3n) is 6.11. The van der Waals surface area contributed by atoms with Crippen LogP contribution in [0.1, 0.15) is 77.4 Å². The fraction of sp³-hybridized carbons (Fsp3) is 0.542. The maximum absolute atomic E-state index is 13.4. The number of carbonyl (C=O) groups excluding carboxylic acids is 3. The number of aromatic nitrogens is 1. The first-order chi connectivity index (χ1) is 14.9. The molecule has 1 saturated carbocycles. The topological polar surface area (TPSA) is 81.8 Å². The van der Waals surface area contributed by atoms with Gasteiger partial charge < -0.3 is 18.6 Å². The lowest BCUT2D eigenvalue weighted by Crippen LogP contribution is -2.38. The number of Topliss-reactive ketones (excluding diaryl/α,β-unsaturated/α-hetero) is 1. The van der Waals surface area contributed by atoms with Crippen molar-refractivity contribution in [2.45, 2.75) is 66.5 Å². The number of amides is 1. The van der Waals surface area contributed by atoms with Crippen LogP contribution in [0.15, 0.2) is 22.8 Å². The summed E-state index contributed by atoms with van der Waals surface area (Å²) in [5.41, 5.74) is 2.23. The Bertz CT molecular complexity index is 936. The molecule has 3 rings (SSSR count). The number of esters is 1. The van der Waals surface area contributed by atoms with Crippen molar-refractivity contribution in [1.82, 2.24) is 9.47 Å². The molecule has 31 heavy (non-hydrogen) atoms. The quantitative estimate of drug-likeness (QED) is 0.439. The van der Waals surface area contributed by atoms with Gasteiger partial charge in [0, 0.05) is 23.7 Å². The van der Waals surface area contributed by atoms with Gasteiger partial charge in [-0.25, -0.2) is 4.79 Å². The molecule has 2 aromatic heterocycles. The molecule has 0 bridgehead atoms. The molecule has 1 aliphatic carbocycles. The molecule has 0 spiro atoms. The zero-order chi connectivity index (χ0) is 22.5. The van der Waals surface area contributed by atoms with Crippen LogP contribution in [0.2, 0.25) is 0 Å². The molecule has 0 atom stereocenters. The Balaban J connectivity index is 1.90. The zero-order valence-corrected chi connectivity index (χ0v) is 18.9. The summed E-state index contributed by atoms with van der Waals surface area (Å²) in [6.45, 7) is 8.31. The molecule has 168 valence electrons. The van der Waals surface area contributed by atoms with Gasteiger partial charge in [-0.2, -0.15) is 0 Å². The molecule has 0 N–H and O–H groups in total. The summed E-state index contributed by atoms with van der Waals surface area (Å²) in [5, 5.41) is 0. The summed E-state index contributed by atoms with van der Waals surface area (Å²) in [7, 11) is 0. The smallest absolute Gasteiger partial charge is 0.355 e. The number of ether oxygens (including phenoxy) is 1. The number of ketones is 1. The molecule has 7 nitrogen and oxygen atoms in total. The highest BCUT2D eigenvalue weighted by molar-refractivity contribution is 6.04. The molecular weight excluding hydrogens is 396 g/mol. The van der Waals surface area contributed by atoms with Gasteiger partial charge in [0.15, 0.2) is 5.78 Å². The van der Waals surface area contributed by atoms with Crippen molar-refractivity contribution >= 4 is 17.7 Å². The van der Waals surface area contributed by atoms with E-state index in [-0.39, 0.29) is 37.3 Å². The Morgan fingerprint density at radius 2 is 1.90 bits per heavy atom. The highest BCUT2D eigenvalue weighted by atomic mass is 16.5. The molecule has 2 aromatic rings. The van der Waals surface area contributed by atoms with Gasteiger partial charge in [-0.1, -0.05) is 12.8 Å². The molecule has 1 fully saturated rings. The average Bonchev–Trinajstić information content (AvgIpc) is 3.48. The minimum Gasteiger partial charge on any atom is -0.467 e. The van der Waals surface area contributed by atoms with Crippen LogP contribution < -0.4 is 0 Å². The molecule has 0 saturated heterocycles. The molecule has 0 aromatic carbocycles. The van der Waals surface area contributed by atoms with Gasteiger partial charge in [-0.3, -0.25) is 9.59 Å². The van der Waals surface area contributed by atoms with Gasteiger partial charge in [-0.15, -0.1) is 0 Å². The number of carbonyl (C=O) groups is 3. The number of furan rings is 1. The maximum atomic E-state index is 13.4. The van der Waals surface area contributed by atoms with E-state index >= 15 is 0 Å². The summed E-state index contributed by atoms with van der Waals surface area (Å²) in [5.74, 6) is -0.00607. The number of hydrogen-bond acceptors (Lipinski definition) is 5. The van der Waals surface area contributed by atoms with Crippen LogP contribution in [0, 0.1) is 19.8 Å². The van der Waals surface area contributed by atoms with Gasteiger partial charge in [0.1, 0.15) is 11.5 Å². The van der Waals surface area contributed by atoms with Crippen molar-refractivity contribution < 1.29 is 23.5 Å². The lowest BCUT2D eigenvalue weighted by molar-refractivity contribution is -0.135. The summed E-state index contributed by atoms with van der Waals surface area (Å²) < 4.78 is 12.5. The van der Waals surface area contributed by atoms with Crippen molar-refractivity contribution in [3.8, 4) is 0 Å². The fourth-order valence-corrected chi connectivity index (χ4v) is 4.65. The van der Waals surface area contributed by atoms with Crippen LogP contribution >= 0.6 is 0 Å². The van der Waals surface area contributed by atoms with E-state index in [0.717, 1.165) is 31.4 Å². The summed E-state index contributed by atoms with van der Waals surface area (Å²) in [6.07, 6.45) is 5.37. The average molecular weight is 429 g/mol. The van der Waals surface area contributed by atoms with Crippen LogP contribution in [0.25, 0.3) is 0 Å². The SMILES string of the molecule is CCOC(=O)c1c(C)c(C(=O)CN(Cc2ccco2)C(=O)C2CCCC2)c(C)n1CC. The number of hydrogen-bond donors (Lipinski definition) is 0. The van der Waals surface area contributed by atoms with Crippen LogP contribution in [0.4, 0.5) is 0 Å². The third kappa shape index (κ3) is 4.75. The van der Waals surface area contributed by atoms with Crippen LogP contribution in [-0.2, 0) is 22.6 Å².